The van der Waals surface area contributed by atoms with Crippen molar-refractivity contribution in [2.24, 2.45) is 0 Å². The number of hydrogen-bond donors (Lipinski definition) is 1. The van der Waals surface area contributed by atoms with E-state index >= 15 is 0 Å². The molecule has 5 nitrogen and oxygen atoms in total. The van der Waals surface area contributed by atoms with Gasteiger partial charge >= 0.3 is 0 Å². The van der Waals surface area contributed by atoms with Gasteiger partial charge in [0, 0.05) is 6.07 Å². The SMILES string of the molecule is COc1ccc2nc(Sc3ncnc(Cl)c3Br)[nH]c2c1. The van der Waals surface area contributed by atoms with E-state index in [1.807, 2.05) is 18.2 Å². The van der Waals surface area contributed by atoms with Crippen molar-refractivity contribution in [3.05, 3.63) is 34.2 Å². The van der Waals surface area contributed by atoms with Gasteiger partial charge in [0.25, 0.3) is 0 Å². The van der Waals surface area contributed by atoms with E-state index in [1.54, 1.807) is 7.11 Å². The van der Waals surface area contributed by atoms with Crippen LogP contribution in [0.25, 0.3) is 11.0 Å². The molecular formula is C12H8BrClN4OS. The number of fused-ring (bicyclic) bond motifs is 1. The second kappa shape index (κ2) is 5.59. The first-order valence-electron chi connectivity index (χ1n) is 5.55. The number of nitrogens with one attached hydrogen (secondary N) is 1. The molecule has 0 spiro atoms. The molecule has 0 aliphatic rings. The van der Waals surface area contributed by atoms with Crippen molar-refractivity contribution in [1.82, 2.24) is 19.9 Å². The molecule has 8 heteroatoms. The summed E-state index contributed by atoms with van der Waals surface area (Å²) in [7, 11) is 1.63. The van der Waals surface area contributed by atoms with Gasteiger partial charge in [-0.1, -0.05) is 11.6 Å². The Morgan fingerprint density at radius 3 is 3.00 bits per heavy atom. The minimum Gasteiger partial charge on any atom is -0.497 e. The maximum atomic E-state index is 5.94. The highest BCUT2D eigenvalue weighted by atomic mass is 79.9. The van der Waals surface area contributed by atoms with Crippen LogP contribution >= 0.6 is 39.3 Å². The van der Waals surface area contributed by atoms with Crippen molar-refractivity contribution in [3.63, 3.8) is 0 Å². The zero-order valence-electron chi connectivity index (χ0n) is 10.2. The Kier molecular flexibility index (Phi) is 3.82. The minimum atomic E-state index is 0.375. The summed E-state index contributed by atoms with van der Waals surface area (Å²) in [5.41, 5.74) is 1.77. The molecule has 3 aromatic rings. The summed E-state index contributed by atoms with van der Waals surface area (Å²) in [6.07, 6.45) is 1.42. The van der Waals surface area contributed by atoms with Gasteiger partial charge < -0.3 is 9.72 Å². The minimum absolute atomic E-state index is 0.375. The molecular weight excluding hydrogens is 364 g/mol. The van der Waals surface area contributed by atoms with E-state index in [4.69, 9.17) is 16.3 Å². The van der Waals surface area contributed by atoms with Crippen molar-refractivity contribution in [1.29, 1.82) is 0 Å². The number of nitrogens with zero attached hydrogens (tertiary/aromatic N) is 3. The summed E-state index contributed by atoms with van der Waals surface area (Å²) in [5.74, 6) is 0.781. The largest absolute Gasteiger partial charge is 0.497 e. The molecule has 0 aliphatic heterocycles. The van der Waals surface area contributed by atoms with E-state index in [0.717, 1.165) is 21.9 Å². The van der Waals surface area contributed by atoms with Crippen LogP contribution < -0.4 is 4.74 Å². The summed E-state index contributed by atoms with van der Waals surface area (Å²) < 4.78 is 5.84. The molecule has 1 aromatic carbocycles. The van der Waals surface area contributed by atoms with Crippen molar-refractivity contribution >= 4 is 50.3 Å². The molecule has 2 aromatic heterocycles. The van der Waals surface area contributed by atoms with Crippen LogP contribution in [0.3, 0.4) is 0 Å². The molecule has 0 saturated heterocycles. The number of halogens is 2. The lowest BCUT2D eigenvalue weighted by atomic mass is 10.3. The van der Waals surface area contributed by atoms with Gasteiger partial charge in [0.1, 0.15) is 22.3 Å². The Bertz CT molecular complexity index is 779. The van der Waals surface area contributed by atoms with Crippen LogP contribution in [0.15, 0.2) is 39.2 Å². The van der Waals surface area contributed by atoms with Crippen LogP contribution in [0.5, 0.6) is 5.75 Å². The highest BCUT2D eigenvalue weighted by Gasteiger charge is 2.11. The highest BCUT2D eigenvalue weighted by Crippen LogP contribution is 2.34. The van der Waals surface area contributed by atoms with E-state index in [-0.39, 0.29) is 0 Å². The van der Waals surface area contributed by atoms with Gasteiger partial charge in [0.2, 0.25) is 0 Å². The van der Waals surface area contributed by atoms with E-state index in [9.17, 15) is 0 Å². The van der Waals surface area contributed by atoms with E-state index in [0.29, 0.717) is 14.7 Å². The number of aromatic nitrogens is 4. The molecule has 0 aliphatic carbocycles. The van der Waals surface area contributed by atoms with Crippen LogP contribution in [0.1, 0.15) is 0 Å². The molecule has 2 heterocycles. The number of rotatable bonds is 3. The van der Waals surface area contributed by atoms with Crippen LogP contribution in [0, 0.1) is 0 Å². The number of H-pyrrole nitrogens is 1. The Morgan fingerprint density at radius 2 is 2.20 bits per heavy atom. The number of hydrogen-bond acceptors (Lipinski definition) is 5. The second-order valence-electron chi connectivity index (χ2n) is 3.81. The summed E-state index contributed by atoms with van der Waals surface area (Å²) >= 11 is 10.7. The first kappa shape index (κ1) is 13.7. The van der Waals surface area contributed by atoms with Crippen LogP contribution in [0.2, 0.25) is 5.15 Å². The van der Waals surface area contributed by atoms with E-state index < -0.39 is 0 Å². The van der Waals surface area contributed by atoms with Gasteiger partial charge in [0.05, 0.1) is 22.6 Å². The monoisotopic (exact) mass is 370 g/mol. The number of ether oxygens (including phenoxy) is 1. The fourth-order valence-corrected chi connectivity index (χ4v) is 3.05. The molecule has 0 amide bonds. The summed E-state index contributed by atoms with van der Waals surface area (Å²) in [6.45, 7) is 0. The maximum Gasteiger partial charge on any atom is 0.172 e. The first-order chi connectivity index (χ1) is 9.67. The van der Waals surface area contributed by atoms with Crippen LogP contribution in [-0.4, -0.2) is 27.0 Å². The fraction of sp³-hybridized carbons (Fsp3) is 0.0833. The molecule has 0 bridgehead atoms. The summed E-state index contributed by atoms with van der Waals surface area (Å²) in [5, 5.41) is 1.81. The number of aromatic amines is 1. The van der Waals surface area contributed by atoms with Crippen LogP contribution in [-0.2, 0) is 0 Å². The molecule has 0 radical (unpaired) electrons. The normalized spacial score (nSPS) is 10.9. The first-order valence-corrected chi connectivity index (χ1v) is 7.53. The third-order valence-corrected chi connectivity index (χ3v) is 4.99. The second-order valence-corrected chi connectivity index (χ2v) is 5.94. The van der Waals surface area contributed by atoms with Gasteiger partial charge in [-0.3, -0.25) is 0 Å². The quantitative estimate of drug-likeness (QED) is 0.707. The Labute approximate surface area is 132 Å². The average Bonchev–Trinajstić information content (AvgIpc) is 2.85. The summed E-state index contributed by atoms with van der Waals surface area (Å²) in [4.78, 5) is 15.8. The van der Waals surface area contributed by atoms with Crippen molar-refractivity contribution in [2.75, 3.05) is 7.11 Å². The Balaban J connectivity index is 1.96. The molecule has 0 unspecified atom stereocenters. The lowest BCUT2D eigenvalue weighted by Gasteiger charge is -2.00. The van der Waals surface area contributed by atoms with Gasteiger partial charge in [-0.15, -0.1) is 0 Å². The van der Waals surface area contributed by atoms with E-state index in [1.165, 1.54) is 18.1 Å². The third-order valence-electron chi connectivity index (χ3n) is 2.58. The fourth-order valence-electron chi connectivity index (χ4n) is 1.64. The predicted molar refractivity (Wildman–Crippen MR) is 81.5 cm³/mol. The van der Waals surface area contributed by atoms with Crippen LogP contribution in [0.4, 0.5) is 0 Å². The smallest absolute Gasteiger partial charge is 0.172 e. The predicted octanol–water partition coefficient (Wildman–Crippen LogP) is 3.93. The van der Waals surface area contributed by atoms with Gasteiger partial charge in [0.15, 0.2) is 5.16 Å². The molecule has 3 rings (SSSR count). The lowest BCUT2D eigenvalue weighted by Crippen LogP contribution is -1.87. The highest BCUT2D eigenvalue weighted by molar-refractivity contribution is 9.10. The molecule has 102 valence electrons. The van der Waals surface area contributed by atoms with E-state index in [2.05, 4.69) is 35.9 Å². The zero-order valence-corrected chi connectivity index (χ0v) is 13.4. The maximum absolute atomic E-state index is 5.94. The van der Waals surface area contributed by atoms with Crippen molar-refractivity contribution < 1.29 is 4.74 Å². The number of methoxy groups -OCH3 is 1. The zero-order chi connectivity index (χ0) is 14.1. The number of benzene rings is 1. The van der Waals surface area contributed by atoms with Crippen molar-refractivity contribution in [3.8, 4) is 5.75 Å². The molecule has 1 N–H and O–H groups in total. The topological polar surface area (TPSA) is 63.7 Å². The molecule has 0 saturated carbocycles. The van der Waals surface area contributed by atoms with Gasteiger partial charge in [-0.2, -0.15) is 0 Å². The standard InChI is InChI=1S/C12H8BrClN4OS/c1-19-6-2-3-7-8(4-6)18-12(17-7)20-11-9(13)10(14)15-5-16-11/h2-5H,1H3,(H,17,18). The van der Waals surface area contributed by atoms with Crippen molar-refractivity contribution in [2.45, 2.75) is 10.2 Å². The van der Waals surface area contributed by atoms with Gasteiger partial charge in [-0.05, 0) is 39.8 Å². The molecule has 0 fully saturated rings. The Morgan fingerprint density at radius 1 is 1.35 bits per heavy atom. The summed E-state index contributed by atoms with van der Waals surface area (Å²) in [6, 6.07) is 5.67. The lowest BCUT2D eigenvalue weighted by molar-refractivity contribution is 0.415. The molecule has 20 heavy (non-hydrogen) atoms. The Hall–Kier alpha value is -1.31. The van der Waals surface area contributed by atoms with Gasteiger partial charge in [-0.25, -0.2) is 15.0 Å². The third kappa shape index (κ3) is 2.61. The number of imidazole rings is 1. The average molecular weight is 372 g/mol. The molecule has 0 atom stereocenters.